The largest absolute Gasteiger partial charge is 0.356 e. The number of nitriles is 1. The van der Waals surface area contributed by atoms with Crippen LogP contribution in [0.25, 0.3) is 0 Å². The third-order valence-electron chi connectivity index (χ3n) is 4.03. The highest BCUT2D eigenvalue weighted by molar-refractivity contribution is 5.79. The lowest BCUT2D eigenvalue weighted by Crippen LogP contribution is -2.38. The molecule has 5 heteroatoms. The first-order valence-electron chi connectivity index (χ1n) is 8.23. The van der Waals surface area contributed by atoms with E-state index >= 15 is 0 Å². The predicted octanol–water partition coefficient (Wildman–Crippen LogP) is 3.47. The van der Waals surface area contributed by atoms with Crippen molar-refractivity contribution in [1.29, 1.82) is 5.26 Å². The molecule has 1 atom stereocenters. The van der Waals surface area contributed by atoms with E-state index in [0.717, 1.165) is 0 Å². The minimum absolute atomic E-state index is 0.264. The minimum Gasteiger partial charge on any atom is -0.356 e. The number of hydrogen-bond acceptors (Lipinski definition) is 2. The Labute approximate surface area is 148 Å². The van der Waals surface area contributed by atoms with Crippen molar-refractivity contribution in [3.8, 4) is 6.07 Å². The monoisotopic (exact) mass is 338 g/mol. The van der Waals surface area contributed by atoms with Crippen molar-refractivity contribution < 1.29 is 4.39 Å². The van der Waals surface area contributed by atoms with Crippen molar-refractivity contribution in [2.75, 3.05) is 13.6 Å². The van der Waals surface area contributed by atoms with Gasteiger partial charge in [-0.1, -0.05) is 36.8 Å². The molecule has 0 amide bonds. The molecule has 2 aromatic rings. The van der Waals surface area contributed by atoms with Crippen LogP contribution in [-0.4, -0.2) is 19.6 Å². The van der Waals surface area contributed by atoms with Crippen molar-refractivity contribution >= 4 is 5.96 Å². The SMILES string of the molecule is CN=C(NCc1cc(C#N)ccc1F)NCC(C)c1cccc(C)c1. The Hall–Kier alpha value is -2.87. The van der Waals surface area contributed by atoms with Crippen LogP contribution >= 0.6 is 0 Å². The zero-order chi connectivity index (χ0) is 18.2. The Morgan fingerprint density at radius 3 is 2.72 bits per heavy atom. The maximum atomic E-state index is 13.8. The van der Waals surface area contributed by atoms with Crippen molar-refractivity contribution in [2.45, 2.75) is 26.3 Å². The van der Waals surface area contributed by atoms with Gasteiger partial charge in [0.1, 0.15) is 5.82 Å². The van der Waals surface area contributed by atoms with Gasteiger partial charge in [-0.15, -0.1) is 0 Å². The maximum absolute atomic E-state index is 13.8. The fraction of sp³-hybridized carbons (Fsp3) is 0.300. The molecule has 0 aliphatic carbocycles. The van der Waals surface area contributed by atoms with Crippen LogP contribution in [0.3, 0.4) is 0 Å². The van der Waals surface area contributed by atoms with Crippen molar-refractivity contribution in [3.63, 3.8) is 0 Å². The molecule has 0 saturated carbocycles. The first-order valence-corrected chi connectivity index (χ1v) is 8.23. The van der Waals surface area contributed by atoms with Crippen LogP contribution < -0.4 is 10.6 Å². The predicted molar refractivity (Wildman–Crippen MR) is 98.9 cm³/mol. The third-order valence-corrected chi connectivity index (χ3v) is 4.03. The number of aliphatic imine (C=N–C) groups is 1. The van der Waals surface area contributed by atoms with Gasteiger partial charge in [0.15, 0.2) is 5.96 Å². The van der Waals surface area contributed by atoms with Gasteiger partial charge in [0.2, 0.25) is 0 Å². The van der Waals surface area contributed by atoms with Gasteiger partial charge in [-0.2, -0.15) is 5.26 Å². The van der Waals surface area contributed by atoms with Gasteiger partial charge in [-0.25, -0.2) is 4.39 Å². The van der Waals surface area contributed by atoms with E-state index in [9.17, 15) is 4.39 Å². The van der Waals surface area contributed by atoms with Crippen LogP contribution in [0.5, 0.6) is 0 Å². The van der Waals surface area contributed by atoms with Gasteiger partial charge in [0.05, 0.1) is 11.6 Å². The highest BCUT2D eigenvalue weighted by atomic mass is 19.1. The molecule has 4 nitrogen and oxygen atoms in total. The summed E-state index contributed by atoms with van der Waals surface area (Å²) in [4.78, 5) is 4.17. The zero-order valence-corrected chi connectivity index (χ0v) is 14.8. The summed E-state index contributed by atoms with van der Waals surface area (Å²) in [5.74, 6) is 0.577. The molecule has 1 unspecified atom stereocenters. The second kappa shape index (κ2) is 8.84. The standard InChI is InChI=1S/C20H23FN4/c1-14-5-4-6-17(9-14)15(2)12-24-20(23-3)25-13-18-10-16(11-22)7-8-19(18)21/h4-10,15H,12-13H2,1-3H3,(H2,23,24,25). The number of benzene rings is 2. The van der Waals surface area contributed by atoms with E-state index in [4.69, 9.17) is 5.26 Å². The van der Waals surface area contributed by atoms with E-state index in [1.54, 1.807) is 13.1 Å². The van der Waals surface area contributed by atoms with Gasteiger partial charge in [0.25, 0.3) is 0 Å². The summed E-state index contributed by atoms with van der Waals surface area (Å²) in [5, 5.41) is 15.3. The van der Waals surface area contributed by atoms with E-state index in [1.165, 1.54) is 23.3 Å². The smallest absolute Gasteiger partial charge is 0.191 e. The van der Waals surface area contributed by atoms with Gasteiger partial charge < -0.3 is 10.6 Å². The molecule has 0 aliphatic heterocycles. The molecule has 130 valence electrons. The second-order valence-electron chi connectivity index (χ2n) is 6.04. The zero-order valence-electron chi connectivity index (χ0n) is 14.8. The molecular weight excluding hydrogens is 315 g/mol. The molecule has 2 aromatic carbocycles. The highest BCUT2D eigenvalue weighted by Gasteiger charge is 2.08. The lowest BCUT2D eigenvalue weighted by molar-refractivity contribution is 0.603. The number of hydrogen-bond donors (Lipinski definition) is 2. The Kier molecular flexibility index (Phi) is 6.53. The molecule has 0 fully saturated rings. The molecule has 2 N–H and O–H groups in total. The van der Waals surface area contributed by atoms with E-state index in [0.29, 0.717) is 29.5 Å². The Morgan fingerprint density at radius 2 is 2.04 bits per heavy atom. The van der Waals surface area contributed by atoms with Gasteiger partial charge in [-0.3, -0.25) is 4.99 Å². The van der Waals surface area contributed by atoms with Crippen LogP contribution in [0.2, 0.25) is 0 Å². The second-order valence-corrected chi connectivity index (χ2v) is 6.04. The summed E-state index contributed by atoms with van der Waals surface area (Å²) in [7, 11) is 1.68. The summed E-state index contributed by atoms with van der Waals surface area (Å²) in [5.41, 5.74) is 3.37. The molecule has 2 rings (SSSR count). The number of aryl methyl sites for hydroxylation is 1. The summed E-state index contributed by atoms with van der Waals surface area (Å²) < 4.78 is 13.8. The number of rotatable bonds is 5. The average Bonchev–Trinajstić information content (AvgIpc) is 2.62. The van der Waals surface area contributed by atoms with E-state index in [1.807, 2.05) is 6.07 Å². The molecule has 0 aliphatic rings. The molecule has 0 aromatic heterocycles. The summed E-state index contributed by atoms with van der Waals surface area (Å²) >= 11 is 0. The summed E-state index contributed by atoms with van der Waals surface area (Å²) in [6, 6.07) is 14.8. The van der Waals surface area contributed by atoms with E-state index in [2.05, 4.69) is 53.7 Å². The first kappa shape index (κ1) is 18.5. The Balaban J connectivity index is 1.92. The number of halogens is 1. The summed E-state index contributed by atoms with van der Waals surface area (Å²) in [6.07, 6.45) is 0. The fourth-order valence-corrected chi connectivity index (χ4v) is 2.52. The molecule has 0 radical (unpaired) electrons. The average molecular weight is 338 g/mol. The van der Waals surface area contributed by atoms with E-state index < -0.39 is 0 Å². The molecule has 0 spiro atoms. The topological polar surface area (TPSA) is 60.2 Å². The number of nitrogens with zero attached hydrogens (tertiary/aromatic N) is 2. The van der Waals surface area contributed by atoms with Crippen molar-refractivity contribution in [3.05, 3.63) is 70.5 Å². The van der Waals surface area contributed by atoms with Crippen LogP contribution in [-0.2, 0) is 6.54 Å². The van der Waals surface area contributed by atoms with Gasteiger partial charge >= 0.3 is 0 Å². The molecular formula is C20H23FN4. The lowest BCUT2D eigenvalue weighted by Gasteiger charge is -2.17. The third kappa shape index (κ3) is 5.32. The minimum atomic E-state index is -0.338. The molecule has 25 heavy (non-hydrogen) atoms. The molecule has 0 bridgehead atoms. The van der Waals surface area contributed by atoms with E-state index in [-0.39, 0.29) is 12.4 Å². The first-order chi connectivity index (χ1) is 12.0. The quantitative estimate of drug-likeness (QED) is 0.648. The summed E-state index contributed by atoms with van der Waals surface area (Å²) in [6.45, 7) is 5.20. The Bertz CT molecular complexity index is 793. The van der Waals surface area contributed by atoms with Gasteiger partial charge in [0, 0.05) is 25.7 Å². The normalized spacial score (nSPS) is 12.4. The molecule has 0 saturated heterocycles. The van der Waals surface area contributed by atoms with Crippen molar-refractivity contribution in [1.82, 2.24) is 10.6 Å². The van der Waals surface area contributed by atoms with Crippen LogP contribution in [0.4, 0.5) is 4.39 Å². The van der Waals surface area contributed by atoms with Crippen LogP contribution in [0, 0.1) is 24.1 Å². The van der Waals surface area contributed by atoms with Crippen LogP contribution in [0.15, 0.2) is 47.5 Å². The Morgan fingerprint density at radius 1 is 1.24 bits per heavy atom. The number of nitrogens with one attached hydrogen (secondary N) is 2. The molecule has 0 heterocycles. The highest BCUT2D eigenvalue weighted by Crippen LogP contribution is 2.15. The fourth-order valence-electron chi connectivity index (χ4n) is 2.52. The van der Waals surface area contributed by atoms with Crippen molar-refractivity contribution in [2.24, 2.45) is 4.99 Å². The van der Waals surface area contributed by atoms with Crippen LogP contribution in [0.1, 0.15) is 35.1 Å². The van der Waals surface area contributed by atoms with Gasteiger partial charge in [-0.05, 0) is 36.6 Å². The maximum Gasteiger partial charge on any atom is 0.191 e. The lowest BCUT2D eigenvalue weighted by atomic mass is 9.99. The number of guanidine groups is 1.